The lowest BCUT2D eigenvalue weighted by atomic mass is 9.88. The third kappa shape index (κ3) is 2.86. The summed E-state index contributed by atoms with van der Waals surface area (Å²) < 4.78 is 5.15. The first-order chi connectivity index (χ1) is 7.51. The molecule has 1 aromatic carbocycles. The van der Waals surface area contributed by atoms with E-state index < -0.39 is 5.60 Å². The van der Waals surface area contributed by atoms with Gasteiger partial charge in [0.25, 0.3) is 0 Å². The summed E-state index contributed by atoms with van der Waals surface area (Å²) in [6.45, 7) is 7.50. The summed E-state index contributed by atoms with van der Waals surface area (Å²) in [5.41, 5.74) is 1.20. The zero-order valence-corrected chi connectivity index (χ0v) is 10.3. The largest absolute Gasteiger partial charge is 0.497 e. The van der Waals surface area contributed by atoms with Crippen molar-refractivity contribution in [2.45, 2.75) is 32.3 Å². The molecule has 0 bridgehead atoms. The Labute approximate surface area is 97.6 Å². The van der Waals surface area contributed by atoms with Crippen molar-refractivity contribution in [2.75, 3.05) is 7.11 Å². The highest BCUT2D eigenvalue weighted by molar-refractivity contribution is 5.37. The van der Waals surface area contributed by atoms with Gasteiger partial charge in [0.2, 0.25) is 0 Å². The highest BCUT2D eigenvalue weighted by Crippen LogP contribution is 2.30. The maximum Gasteiger partial charge on any atom is 0.119 e. The van der Waals surface area contributed by atoms with Crippen LogP contribution in [-0.2, 0) is 5.60 Å². The minimum atomic E-state index is -0.801. The second kappa shape index (κ2) is 5.17. The monoisotopic (exact) mass is 220 g/mol. The van der Waals surface area contributed by atoms with Gasteiger partial charge in [0.05, 0.1) is 12.7 Å². The van der Waals surface area contributed by atoms with Crippen LogP contribution in [0, 0.1) is 6.92 Å². The lowest BCUT2D eigenvalue weighted by molar-refractivity contribution is 0.0481. The Morgan fingerprint density at radius 3 is 2.69 bits per heavy atom. The van der Waals surface area contributed by atoms with Crippen LogP contribution in [0.5, 0.6) is 5.75 Å². The molecule has 1 aromatic rings. The minimum absolute atomic E-state index is 0.684. The summed E-state index contributed by atoms with van der Waals surface area (Å²) in [5, 5.41) is 10.4. The number of aryl methyl sites for hydroxylation is 1. The molecule has 0 saturated heterocycles. The van der Waals surface area contributed by atoms with Crippen LogP contribution in [-0.4, -0.2) is 12.2 Å². The Morgan fingerprint density at radius 2 is 2.19 bits per heavy atom. The summed E-state index contributed by atoms with van der Waals surface area (Å²) in [7, 11) is 1.64. The van der Waals surface area contributed by atoms with E-state index in [1.807, 2.05) is 38.1 Å². The topological polar surface area (TPSA) is 29.5 Å². The van der Waals surface area contributed by atoms with Crippen LogP contribution in [0.15, 0.2) is 30.9 Å². The molecular weight excluding hydrogens is 200 g/mol. The lowest BCUT2D eigenvalue weighted by Crippen LogP contribution is -2.22. The van der Waals surface area contributed by atoms with Gasteiger partial charge in [-0.15, -0.1) is 6.58 Å². The Morgan fingerprint density at radius 1 is 1.50 bits per heavy atom. The number of aliphatic hydroxyl groups is 1. The molecule has 0 aliphatic rings. The van der Waals surface area contributed by atoms with E-state index in [-0.39, 0.29) is 0 Å². The van der Waals surface area contributed by atoms with Crippen molar-refractivity contribution in [1.82, 2.24) is 0 Å². The van der Waals surface area contributed by atoms with Gasteiger partial charge < -0.3 is 9.84 Å². The molecule has 1 atom stereocenters. The minimum Gasteiger partial charge on any atom is -0.497 e. The summed E-state index contributed by atoms with van der Waals surface area (Å²) >= 11 is 0. The number of hydrogen-bond donors (Lipinski definition) is 1. The molecule has 0 aromatic heterocycles. The predicted molar refractivity (Wildman–Crippen MR) is 66.7 cm³/mol. The van der Waals surface area contributed by atoms with E-state index >= 15 is 0 Å². The van der Waals surface area contributed by atoms with E-state index in [4.69, 9.17) is 4.74 Å². The van der Waals surface area contributed by atoms with E-state index in [0.29, 0.717) is 6.42 Å². The third-order valence-corrected chi connectivity index (χ3v) is 2.85. The molecule has 0 spiro atoms. The molecular formula is C14H20O2. The zero-order valence-electron chi connectivity index (χ0n) is 10.3. The van der Waals surface area contributed by atoms with Gasteiger partial charge in [-0.3, -0.25) is 0 Å². The molecule has 1 unspecified atom stereocenters. The second-order valence-corrected chi connectivity index (χ2v) is 4.28. The molecule has 1 rings (SSSR count). The smallest absolute Gasteiger partial charge is 0.119 e. The Bertz CT molecular complexity index is 367. The summed E-state index contributed by atoms with van der Waals surface area (Å²) in [6.07, 6.45) is 3.31. The summed E-state index contributed by atoms with van der Waals surface area (Å²) in [6, 6.07) is 5.75. The van der Waals surface area contributed by atoms with Crippen molar-refractivity contribution >= 4 is 0 Å². The van der Waals surface area contributed by atoms with Crippen molar-refractivity contribution < 1.29 is 9.84 Å². The van der Waals surface area contributed by atoms with Gasteiger partial charge in [-0.05, 0) is 49.9 Å². The standard InChI is InChI=1S/C14H20O2/c1-5-6-9-14(3,15)13-8-7-12(16-4)10-11(13)2/h5,7-8,10,15H,1,6,9H2,2-4H3. The van der Waals surface area contributed by atoms with Crippen molar-refractivity contribution in [3.05, 3.63) is 42.0 Å². The first kappa shape index (κ1) is 12.8. The van der Waals surface area contributed by atoms with Crippen molar-refractivity contribution in [2.24, 2.45) is 0 Å². The highest BCUT2D eigenvalue weighted by Gasteiger charge is 2.23. The molecule has 88 valence electrons. The van der Waals surface area contributed by atoms with E-state index in [0.717, 1.165) is 23.3 Å². The number of hydrogen-bond acceptors (Lipinski definition) is 2. The van der Waals surface area contributed by atoms with Gasteiger partial charge in [-0.1, -0.05) is 12.1 Å². The molecule has 0 amide bonds. The first-order valence-electron chi connectivity index (χ1n) is 5.49. The average molecular weight is 220 g/mol. The number of rotatable bonds is 5. The fourth-order valence-corrected chi connectivity index (χ4v) is 1.89. The number of ether oxygens (including phenoxy) is 1. The number of benzene rings is 1. The average Bonchev–Trinajstić information content (AvgIpc) is 2.25. The highest BCUT2D eigenvalue weighted by atomic mass is 16.5. The van der Waals surface area contributed by atoms with Crippen LogP contribution in [0.4, 0.5) is 0 Å². The van der Waals surface area contributed by atoms with Gasteiger partial charge in [-0.2, -0.15) is 0 Å². The maximum absolute atomic E-state index is 10.4. The fourth-order valence-electron chi connectivity index (χ4n) is 1.89. The zero-order chi connectivity index (χ0) is 12.2. The van der Waals surface area contributed by atoms with E-state index in [9.17, 15) is 5.11 Å². The normalized spacial score (nSPS) is 14.2. The van der Waals surface area contributed by atoms with Crippen LogP contribution in [0.2, 0.25) is 0 Å². The van der Waals surface area contributed by atoms with Crippen LogP contribution in [0.25, 0.3) is 0 Å². The van der Waals surface area contributed by atoms with Gasteiger partial charge >= 0.3 is 0 Å². The lowest BCUT2D eigenvalue weighted by Gasteiger charge is -2.25. The Balaban J connectivity index is 2.98. The summed E-state index contributed by atoms with van der Waals surface area (Å²) in [4.78, 5) is 0. The van der Waals surface area contributed by atoms with Crippen LogP contribution in [0.1, 0.15) is 30.9 Å². The second-order valence-electron chi connectivity index (χ2n) is 4.28. The van der Waals surface area contributed by atoms with E-state index in [1.54, 1.807) is 7.11 Å². The van der Waals surface area contributed by atoms with Crippen LogP contribution in [0.3, 0.4) is 0 Å². The number of allylic oxidation sites excluding steroid dienone is 1. The van der Waals surface area contributed by atoms with Gasteiger partial charge in [-0.25, -0.2) is 0 Å². The van der Waals surface area contributed by atoms with Crippen LogP contribution >= 0.6 is 0 Å². The fraction of sp³-hybridized carbons (Fsp3) is 0.429. The SMILES string of the molecule is C=CCCC(C)(O)c1ccc(OC)cc1C. The van der Waals surface area contributed by atoms with Gasteiger partial charge in [0, 0.05) is 0 Å². The molecule has 2 nitrogen and oxygen atoms in total. The molecule has 0 aliphatic carbocycles. The van der Waals surface area contributed by atoms with E-state index in [1.165, 1.54) is 0 Å². The van der Waals surface area contributed by atoms with Crippen molar-refractivity contribution in [3.8, 4) is 5.75 Å². The molecule has 0 saturated carbocycles. The first-order valence-corrected chi connectivity index (χ1v) is 5.49. The molecule has 2 heteroatoms. The molecule has 0 heterocycles. The van der Waals surface area contributed by atoms with Crippen molar-refractivity contribution in [1.29, 1.82) is 0 Å². The molecule has 16 heavy (non-hydrogen) atoms. The quantitative estimate of drug-likeness (QED) is 0.772. The maximum atomic E-state index is 10.4. The number of methoxy groups -OCH3 is 1. The van der Waals surface area contributed by atoms with Gasteiger partial charge in [0.15, 0.2) is 0 Å². The third-order valence-electron chi connectivity index (χ3n) is 2.85. The molecule has 1 N–H and O–H groups in total. The van der Waals surface area contributed by atoms with Crippen LogP contribution < -0.4 is 4.74 Å². The summed E-state index contributed by atoms with van der Waals surface area (Å²) in [5.74, 6) is 0.820. The van der Waals surface area contributed by atoms with Crippen molar-refractivity contribution in [3.63, 3.8) is 0 Å². The van der Waals surface area contributed by atoms with E-state index in [2.05, 4.69) is 6.58 Å². The predicted octanol–water partition coefficient (Wildman–Crippen LogP) is 3.18. The van der Waals surface area contributed by atoms with Gasteiger partial charge in [0.1, 0.15) is 5.75 Å². The molecule has 0 fully saturated rings. The molecule has 0 radical (unpaired) electrons. The Hall–Kier alpha value is -1.28. The Kier molecular flexibility index (Phi) is 4.13. The molecule has 0 aliphatic heterocycles.